The van der Waals surface area contributed by atoms with Crippen molar-refractivity contribution in [2.45, 2.75) is 6.10 Å². The van der Waals surface area contributed by atoms with E-state index in [1.54, 1.807) is 67.8 Å². The van der Waals surface area contributed by atoms with Crippen LogP contribution < -0.4 is 15.4 Å². The number of nitrogens with one attached hydrogen (secondary N) is 2. The van der Waals surface area contributed by atoms with Gasteiger partial charge in [-0.05, 0) is 23.8 Å². The number of ether oxygens (including phenoxy) is 2. The molecule has 1 atom stereocenters. The maximum atomic E-state index is 12.3. The number of hydrogen-bond donors (Lipinski definition) is 2. The SMILES string of the molecule is CNC(=O)NC(=O)[C@@H](OC(=O)/C=C/c1ccc(OC)cc1)c1ccccc1. The van der Waals surface area contributed by atoms with Crippen LogP contribution in [0.3, 0.4) is 0 Å². The minimum absolute atomic E-state index is 0.449. The number of carbonyl (C=O) groups excluding carboxylic acids is 3. The number of rotatable bonds is 6. The molecule has 0 spiro atoms. The van der Waals surface area contributed by atoms with Crippen molar-refractivity contribution in [3.05, 3.63) is 71.8 Å². The van der Waals surface area contributed by atoms with Crippen LogP contribution >= 0.6 is 0 Å². The Labute approximate surface area is 157 Å². The van der Waals surface area contributed by atoms with Crippen molar-refractivity contribution in [3.8, 4) is 5.75 Å². The van der Waals surface area contributed by atoms with E-state index in [4.69, 9.17) is 9.47 Å². The minimum atomic E-state index is -1.25. The molecular formula is C20H20N2O5. The highest BCUT2D eigenvalue weighted by Gasteiger charge is 2.25. The Balaban J connectivity index is 2.11. The summed E-state index contributed by atoms with van der Waals surface area (Å²) in [6.07, 6.45) is 1.52. The molecule has 2 aromatic rings. The van der Waals surface area contributed by atoms with Crippen molar-refractivity contribution >= 4 is 24.0 Å². The highest BCUT2D eigenvalue weighted by molar-refractivity contribution is 5.98. The number of carbonyl (C=O) groups is 3. The standard InChI is InChI=1S/C20H20N2O5/c1-21-20(25)22-19(24)18(15-6-4-3-5-7-15)27-17(23)13-10-14-8-11-16(26-2)12-9-14/h3-13,18H,1-2H3,(H2,21,22,24,25)/b13-10+/t18-/m0/s1. The van der Waals surface area contributed by atoms with Crippen LogP contribution in [-0.4, -0.2) is 32.1 Å². The smallest absolute Gasteiger partial charge is 0.331 e. The lowest BCUT2D eigenvalue weighted by molar-refractivity contribution is -0.151. The summed E-state index contributed by atoms with van der Waals surface area (Å²) in [7, 11) is 2.94. The molecule has 7 heteroatoms. The van der Waals surface area contributed by atoms with Crippen LogP contribution in [0.2, 0.25) is 0 Å². The fourth-order valence-corrected chi connectivity index (χ4v) is 2.18. The van der Waals surface area contributed by atoms with Crippen LogP contribution in [0.4, 0.5) is 4.79 Å². The molecule has 0 aliphatic heterocycles. The van der Waals surface area contributed by atoms with E-state index in [-0.39, 0.29) is 0 Å². The largest absolute Gasteiger partial charge is 0.497 e. The second-order valence-electron chi connectivity index (χ2n) is 5.40. The lowest BCUT2D eigenvalue weighted by Gasteiger charge is -2.16. The van der Waals surface area contributed by atoms with Gasteiger partial charge in [0.25, 0.3) is 5.91 Å². The van der Waals surface area contributed by atoms with Gasteiger partial charge in [0.05, 0.1) is 7.11 Å². The van der Waals surface area contributed by atoms with Gasteiger partial charge in [-0.1, -0.05) is 42.5 Å². The first-order chi connectivity index (χ1) is 13.0. The Hall–Kier alpha value is -3.61. The molecule has 2 rings (SSSR count). The minimum Gasteiger partial charge on any atom is -0.497 e. The first kappa shape index (κ1) is 19.7. The van der Waals surface area contributed by atoms with Crippen LogP contribution in [-0.2, 0) is 14.3 Å². The van der Waals surface area contributed by atoms with Gasteiger partial charge in [-0.25, -0.2) is 9.59 Å². The third-order valence-corrected chi connectivity index (χ3v) is 3.57. The summed E-state index contributed by atoms with van der Waals surface area (Å²) < 4.78 is 10.3. The molecule has 140 valence electrons. The lowest BCUT2D eigenvalue weighted by atomic mass is 10.1. The van der Waals surface area contributed by atoms with E-state index in [1.807, 2.05) is 0 Å². The van der Waals surface area contributed by atoms with Crippen LogP contribution in [0, 0.1) is 0 Å². The zero-order chi connectivity index (χ0) is 19.6. The molecule has 0 aromatic heterocycles. The van der Waals surface area contributed by atoms with Gasteiger partial charge >= 0.3 is 12.0 Å². The summed E-state index contributed by atoms with van der Waals surface area (Å²) in [6, 6.07) is 14.8. The summed E-state index contributed by atoms with van der Waals surface area (Å²) >= 11 is 0. The quantitative estimate of drug-likeness (QED) is 0.603. The van der Waals surface area contributed by atoms with E-state index >= 15 is 0 Å². The molecule has 27 heavy (non-hydrogen) atoms. The fourth-order valence-electron chi connectivity index (χ4n) is 2.18. The maximum absolute atomic E-state index is 12.3. The van der Waals surface area contributed by atoms with Crippen LogP contribution in [0.5, 0.6) is 5.75 Å². The molecule has 0 aliphatic carbocycles. The Morgan fingerprint density at radius 3 is 2.26 bits per heavy atom. The average molecular weight is 368 g/mol. The normalized spacial score (nSPS) is 11.5. The van der Waals surface area contributed by atoms with E-state index in [9.17, 15) is 14.4 Å². The number of esters is 1. The van der Waals surface area contributed by atoms with Crippen molar-refractivity contribution < 1.29 is 23.9 Å². The first-order valence-electron chi connectivity index (χ1n) is 8.13. The third-order valence-electron chi connectivity index (χ3n) is 3.57. The van der Waals surface area contributed by atoms with Crippen LogP contribution in [0.15, 0.2) is 60.7 Å². The highest BCUT2D eigenvalue weighted by Crippen LogP contribution is 2.18. The molecule has 0 aliphatic rings. The van der Waals surface area contributed by atoms with E-state index in [0.717, 1.165) is 5.56 Å². The average Bonchev–Trinajstić information content (AvgIpc) is 2.71. The number of hydrogen-bond acceptors (Lipinski definition) is 5. The number of amides is 3. The zero-order valence-corrected chi connectivity index (χ0v) is 15.0. The Kier molecular flexibility index (Phi) is 7.13. The number of urea groups is 1. The summed E-state index contributed by atoms with van der Waals surface area (Å²) in [6.45, 7) is 0. The van der Waals surface area contributed by atoms with Gasteiger partial charge in [0.1, 0.15) is 5.75 Å². The van der Waals surface area contributed by atoms with Crippen molar-refractivity contribution in [3.63, 3.8) is 0 Å². The van der Waals surface area contributed by atoms with Gasteiger partial charge in [0, 0.05) is 18.7 Å². The second-order valence-corrected chi connectivity index (χ2v) is 5.40. The molecule has 0 saturated carbocycles. The number of methoxy groups -OCH3 is 1. The van der Waals surface area contributed by atoms with Crippen LogP contribution in [0.25, 0.3) is 6.08 Å². The first-order valence-corrected chi connectivity index (χ1v) is 8.13. The molecule has 0 unspecified atom stereocenters. The zero-order valence-electron chi connectivity index (χ0n) is 15.0. The Bertz CT molecular complexity index is 816. The molecule has 2 N–H and O–H groups in total. The van der Waals surface area contributed by atoms with Crippen molar-refractivity contribution in [2.24, 2.45) is 0 Å². The molecule has 0 heterocycles. The third kappa shape index (κ3) is 6.00. The summed E-state index contributed by atoms with van der Waals surface area (Å²) in [4.78, 5) is 35.9. The Morgan fingerprint density at radius 1 is 1.00 bits per heavy atom. The fraction of sp³-hybridized carbons (Fsp3) is 0.150. The molecule has 2 aromatic carbocycles. The predicted octanol–water partition coefficient (Wildman–Crippen LogP) is 2.45. The molecule has 0 saturated heterocycles. The van der Waals surface area contributed by atoms with Crippen LogP contribution in [0.1, 0.15) is 17.2 Å². The summed E-state index contributed by atoms with van der Waals surface area (Å²) in [5, 5.41) is 4.39. The van der Waals surface area contributed by atoms with Gasteiger partial charge in [-0.3, -0.25) is 10.1 Å². The monoisotopic (exact) mass is 368 g/mol. The van der Waals surface area contributed by atoms with Gasteiger partial charge in [-0.15, -0.1) is 0 Å². The van der Waals surface area contributed by atoms with Crippen molar-refractivity contribution in [1.29, 1.82) is 0 Å². The van der Waals surface area contributed by atoms with E-state index in [0.29, 0.717) is 11.3 Å². The second kappa shape index (κ2) is 9.76. The molecule has 0 radical (unpaired) electrons. The Morgan fingerprint density at radius 2 is 1.67 bits per heavy atom. The van der Waals surface area contributed by atoms with Crippen molar-refractivity contribution in [1.82, 2.24) is 10.6 Å². The number of benzene rings is 2. The molecule has 3 amide bonds. The summed E-state index contributed by atoms with van der Waals surface area (Å²) in [5.41, 5.74) is 1.21. The van der Waals surface area contributed by atoms with Gasteiger partial charge in [-0.2, -0.15) is 0 Å². The van der Waals surface area contributed by atoms with Crippen molar-refractivity contribution in [2.75, 3.05) is 14.2 Å². The van der Waals surface area contributed by atoms with E-state index in [2.05, 4.69) is 10.6 Å². The van der Waals surface area contributed by atoms with Gasteiger partial charge < -0.3 is 14.8 Å². The topological polar surface area (TPSA) is 93.7 Å². The predicted molar refractivity (Wildman–Crippen MR) is 99.9 cm³/mol. The van der Waals surface area contributed by atoms with Gasteiger partial charge in [0.2, 0.25) is 6.10 Å². The molecule has 0 fully saturated rings. The highest BCUT2D eigenvalue weighted by atomic mass is 16.5. The number of imide groups is 1. The maximum Gasteiger partial charge on any atom is 0.331 e. The lowest BCUT2D eigenvalue weighted by Crippen LogP contribution is -2.41. The molecule has 0 bridgehead atoms. The van der Waals surface area contributed by atoms with Gasteiger partial charge in [0.15, 0.2) is 0 Å². The molecular weight excluding hydrogens is 348 g/mol. The molecule has 7 nitrogen and oxygen atoms in total. The van der Waals surface area contributed by atoms with E-state index in [1.165, 1.54) is 13.1 Å². The summed E-state index contributed by atoms with van der Waals surface area (Å²) in [5.74, 6) is -0.761. The van der Waals surface area contributed by atoms with E-state index < -0.39 is 24.0 Å².